The number of hydrogen-bond donors (Lipinski definition) is 2. The van der Waals surface area contributed by atoms with Crippen molar-refractivity contribution < 1.29 is 40.7 Å². The van der Waals surface area contributed by atoms with Gasteiger partial charge in [0, 0.05) is 11.8 Å². The number of rotatable bonds is 7. The number of aromatic nitrogens is 3. The fourth-order valence-electron chi connectivity index (χ4n) is 5.07. The molecule has 0 unspecified atom stereocenters. The first kappa shape index (κ1) is 30.5. The van der Waals surface area contributed by atoms with Crippen molar-refractivity contribution in [1.29, 1.82) is 0 Å². The van der Waals surface area contributed by atoms with E-state index in [1.54, 1.807) is 24.5 Å². The molecular formula is C27H25F6N5O4. The molecule has 9 nitrogen and oxygen atoms in total. The van der Waals surface area contributed by atoms with Crippen molar-refractivity contribution in [1.82, 2.24) is 25.6 Å². The zero-order valence-corrected chi connectivity index (χ0v) is 22.1. The Morgan fingerprint density at radius 3 is 2.40 bits per heavy atom. The first-order chi connectivity index (χ1) is 19.8. The molecule has 0 saturated heterocycles. The van der Waals surface area contributed by atoms with E-state index in [2.05, 4.69) is 14.8 Å². The highest BCUT2D eigenvalue weighted by atomic mass is 19.4. The monoisotopic (exact) mass is 597 g/mol. The zero-order chi connectivity index (χ0) is 30.6. The number of carbonyl (C=O) groups excluding carboxylic acids is 2. The number of alkyl halides is 5. The van der Waals surface area contributed by atoms with Crippen molar-refractivity contribution in [2.45, 2.75) is 63.8 Å². The molecule has 1 aliphatic rings. The normalized spacial score (nSPS) is 17.1. The van der Waals surface area contributed by atoms with E-state index in [0.717, 1.165) is 22.4 Å². The number of pyridine rings is 1. The summed E-state index contributed by atoms with van der Waals surface area (Å²) in [5, 5.41) is 3.90. The maximum Gasteiger partial charge on any atom is 0.573 e. The fourth-order valence-corrected chi connectivity index (χ4v) is 5.07. The van der Waals surface area contributed by atoms with Gasteiger partial charge in [-0.15, -0.1) is 13.2 Å². The molecule has 1 aliphatic carbocycles. The van der Waals surface area contributed by atoms with Crippen LogP contribution >= 0.6 is 0 Å². The predicted molar refractivity (Wildman–Crippen MR) is 135 cm³/mol. The van der Waals surface area contributed by atoms with Crippen LogP contribution in [0.25, 0.3) is 0 Å². The SMILES string of the molecule is Cc1cccc(F)c1C1CCC(c2cc(C(=O)NNC(=O)C(F)F)nn(Cc3ncccc3OC(F)(F)F)c2=O)CC1. The minimum atomic E-state index is -5.05. The van der Waals surface area contributed by atoms with E-state index in [1.807, 2.05) is 0 Å². The highest BCUT2D eigenvalue weighted by molar-refractivity contribution is 5.94. The Morgan fingerprint density at radius 2 is 1.76 bits per heavy atom. The van der Waals surface area contributed by atoms with Gasteiger partial charge in [-0.1, -0.05) is 12.1 Å². The number of hydrazine groups is 1. The van der Waals surface area contributed by atoms with Crippen molar-refractivity contribution in [3.8, 4) is 5.75 Å². The van der Waals surface area contributed by atoms with Crippen molar-refractivity contribution in [2.75, 3.05) is 0 Å². The average molecular weight is 598 g/mol. The Balaban J connectivity index is 1.66. The van der Waals surface area contributed by atoms with Crippen LogP contribution in [0.1, 0.15) is 70.4 Å². The van der Waals surface area contributed by atoms with Gasteiger partial charge in [-0.3, -0.25) is 30.2 Å². The van der Waals surface area contributed by atoms with Crippen LogP contribution in [0.15, 0.2) is 47.4 Å². The van der Waals surface area contributed by atoms with Crippen molar-refractivity contribution in [2.24, 2.45) is 0 Å². The lowest BCUT2D eigenvalue weighted by Crippen LogP contribution is -2.45. The van der Waals surface area contributed by atoms with E-state index in [-0.39, 0.29) is 23.0 Å². The van der Waals surface area contributed by atoms with Crippen molar-refractivity contribution >= 4 is 11.8 Å². The summed E-state index contributed by atoms with van der Waals surface area (Å²) in [6.45, 7) is 1.17. The molecule has 1 aromatic carbocycles. The molecule has 0 bridgehead atoms. The lowest BCUT2D eigenvalue weighted by Gasteiger charge is -2.30. The number of benzene rings is 1. The van der Waals surface area contributed by atoms with Crippen LogP contribution in [0, 0.1) is 12.7 Å². The molecule has 0 spiro atoms. The van der Waals surface area contributed by atoms with Gasteiger partial charge in [0.1, 0.15) is 11.5 Å². The molecule has 1 saturated carbocycles. The fraction of sp³-hybridized carbons (Fsp3) is 0.370. The molecule has 3 aromatic rings. The summed E-state index contributed by atoms with van der Waals surface area (Å²) in [6.07, 6.45) is -5.48. The number of hydrogen-bond acceptors (Lipinski definition) is 6. The van der Waals surface area contributed by atoms with Gasteiger partial charge in [0.15, 0.2) is 11.4 Å². The predicted octanol–water partition coefficient (Wildman–Crippen LogP) is 4.50. The second kappa shape index (κ2) is 12.6. The Kier molecular flexibility index (Phi) is 9.17. The van der Waals surface area contributed by atoms with Crippen LogP contribution in [-0.2, 0) is 11.3 Å². The summed E-state index contributed by atoms with van der Waals surface area (Å²) >= 11 is 0. The number of nitrogens with one attached hydrogen (secondary N) is 2. The minimum Gasteiger partial charge on any atom is -0.404 e. The molecule has 42 heavy (non-hydrogen) atoms. The Hall–Kier alpha value is -4.43. The molecule has 2 N–H and O–H groups in total. The van der Waals surface area contributed by atoms with Gasteiger partial charge in [0.25, 0.3) is 11.5 Å². The molecule has 2 aromatic heterocycles. The molecule has 1 fully saturated rings. The van der Waals surface area contributed by atoms with Gasteiger partial charge in [0.2, 0.25) is 0 Å². The summed E-state index contributed by atoms with van der Waals surface area (Å²) in [7, 11) is 0. The highest BCUT2D eigenvalue weighted by Crippen LogP contribution is 2.41. The molecule has 4 rings (SSSR count). The smallest absolute Gasteiger partial charge is 0.404 e. The van der Waals surface area contributed by atoms with Crippen LogP contribution in [0.2, 0.25) is 0 Å². The topological polar surface area (TPSA) is 115 Å². The van der Waals surface area contributed by atoms with Gasteiger partial charge < -0.3 is 4.74 Å². The minimum absolute atomic E-state index is 0.0910. The maximum atomic E-state index is 14.6. The summed E-state index contributed by atoms with van der Waals surface area (Å²) in [4.78, 5) is 41.3. The lowest BCUT2D eigenvalue weighted by atomic mass is 9.75. The standard InChI is InChI=1S/C27H25F6N5O4/c1-14-4-2-5-18(28)22(14)16-9-7-15(8-10-16)17-12-19(24(39)35-36-25(40)23(29)30)37-38(26(17)41)13-20-21(6-3-11-34-20)42-27(31,32)33/h2-6,11-12,15-16,23H,7-10,13H2,1H3,(H,35,39)(H,36,40). The van der Waals surface area contributed by atoms with Crippen molar-refractivity contribution in [3.05, 3.63) is 86.8 Å². The zero-order valence-electron chi connectivity index (χ0n) is 22.1. The third-order valence-electron chi connectivity index (χ3n) is 6.95. The third-order valence-corrected chi connectivity index (χ3v) is 6.95. The molecule has 0 atom stereocenters. The van der Waals surface area contributed by atoms with Crippen LogP contribution < -0.4 is 21.1 Å². The number of amides is 2. The summed E-state index contributed by atoms with van der Waals surface area (Å²) in [5.41, 5.74) is 3.26. The third kappa shape index (κ3) is 7.25. The van der Waals surface area contributed by atoms with E-state index in [9.17, 15) is 40.7 Å². The second-order valence-corrected chi connectivity index (χ2v) is 9.71. The van der Waals surface area contributed by atoms with E-state index in [1.165, 1.54) is 23.8 Å². The summed E-state index contributed by atoms with van der Waals surface area (Å²) in [5.74, 6) is -4.52. The van der Waals surface area contributed by atoms with Crippen LogP contribution in [0.4, 0.5) is 26.3 Å². The van der Waals surface area contributed by atoms with Gasteiger partial charge in [-0.2, -0.15) is 13.9 Å². The largest absolute Gasteiger partial charge is 0.573 e. The average Bonchev–Trinajstić information content (AvgIpc) is 2.93. The van der Waals surface area contributed by atoms with E-state index in [0.29, 0.717) is 31.2 Å². The highest BCUT2D eigenvalue weighted by Gasteiger charge is 2.33. The van der Waals surface area contributed by atoms with E-state index >= 15 is 0 Å². The van der Waals surface area contributed by atoms with Gasteiger partial charge in [-0.25, -0.2) is 9.07 Å². The number of nitrogens with zero attached hydrogens (tertiary/aromatic N) is 3. The quantitative estimate of drug-likeness (QED) is 0.306. The number of aryl methyl sites for hydroxylation is 1. The first-order valence-electron chi connectivity index (χ1n) is 12.8. The maximum absolute atomic E-state index is 14.6. The molecular weight excluding hydrogens is 572 g/mol. The molecule has 0 radical (unpaired) electrons. The molecule has 15 heteroatoms. The Morgan fingerprint density at radius 1 is 1.07 bits per heavy atom. The van der Waals surface area contributed by atoms with Gasteiger partial charge in [0.05, 0.1) is 6.54 Å². The van der Waals surface area contributed by atoms with Crippen LogP contribution in [0.3, 0.4) is 0 Å². The lowest BCUT2D eigenvalue weighted by molar-refractivity contribution is -0.275. The Bertz CT molecular complexity index is 1500. The van der Waals surface area contributed by atoms with Gasteiger partial charge in [-0.05, 0) is 79.8 Å². The van der Waals surface area contributed by atoms with Gasteiger partial charge >= 0.3 is 18.7 Å². The second-order valence-electron chi connectivity index (χ2n) is 9.71. The first-order valence-corrected chi connectivity index (χ1v) is 12.8. The molecule has 2 amide bonds. The molecule has 224 valence electrons. The summed E-state index contributed by atoms with van der Waals surface area (Å²) in [6, 6.07) is 8.12. The number of halogens is 6. The summed E-state index contributed by atoms with van der Waals surface area (Å²) < 4.78 is 83.2. The van der Waals surface area contributed by atoms with E-state index < -0.39 is 54.1 Å². The van der Waals surface area contributed by atoms with Crippen LogP contribution in [-0.4, -0.2) is 39.4 Å². The number of ether oxygens (including phenoxy) is 1. The Labute approximate surface area is 234 Å². The molecule has 0 aliphatic heterocycles. The number of carbonyl (C=O) groups is 2. The van der Waals surface area contributed by atoms with E-state index in [4.69, 9.17) is 0 Å². The van der Waals surface area contributed by atoms with Crippen molar-refractivity contribution in [3.63, 3.8) is 0 Å². The van der Waals surface area contributed by atoms with Crippen LogP contribution in [0.5, 0.6) is 5.75 Å². The molecule has 2 heterocycles.